The number of aliphatic carboxylic acids is 1. The number of carboxylic acid groups (broad SMARTS) is 1. The van der Waals surface area contributed by atoms with Gasteiger partial charge in [0.05, 0.1) is 11.5 Å². The van der Waals surface area contributed by atoms with Crippen molar-refractivity contribution in [3.05, 3.63) is 28.2 Å². The van der Waals surface area contributed by atoms with Crippen molar-refractivity contribution in [3.8, 4) is 0 Å². The fourth-order valence-electron chi connectivity index (χ4n) is 2.67. The normalized spacial score (nSPS) is 21.6. The van der Waals surface area contributed by atoms with Crippen LogP contribution in [-0.4, -0.2) is 23.5 Å². The van der Waals surface area contributed by atoms with E-state index in [1.165, 1.54) is 0 Å². The molecule has 0 aromatic heterocycles. The summed E-state index contributed by atoms with van der Waals surface area (Å²) in [5.74, 6) is -1.37. The standard InChI is InChI=1S/C14H17BrN2O3/c15-9-4-5-11(12(16)6-9)13(18)17-7-8-2-1-3-10(8)14(19)20/h4-6,8,10H,1-3,7,16H2,(H,17,18)(H,19,20). The predicted octanol–water partition coefficient (Wildman–Crippen LogP) is 2.26. The lowest BCUT2D eigenvalue weighted by Crippen LogP contribution is -2.33. The quantitative estimate of drug-likeness (QED) is 0.733. The van der Waals surface area contributed by atoms with Gasteiger partial charge in [0.2, 0.25) is 0 Å². The van der Waals surface area contributed by atoms with Crippen molar-refractivity contribution >= 4 is 33.5 Å². The van der Waals surface area contributed by atoms with E-state index in [4.69, 9.17) is 10.8 Å². The fraction of sp³-hybridized carbons (Fsp3) is 0.429. The number of nitrogens with two attached hydrogens (primary N) is 1. The first-order valence-electron chi connectivity index (χ1n) is 6.55. The first-order valence-corrected chi connectivity index (χ1v) is 7.34. The third-order valence-electron chi connectivity index (χ3n) is 3.76. The van der Waals surface area contributed by atoms with Gasteiger partial charge in [0.1, 0.15) is 0 Å². The molecule has 2 unspecified atom stereocenters. The van der Waals surface area contributed by atoms with Crippen molar-refractivity contribution in [1.29, 1.82) is 0 Å². The van der Waals surface area contributed by atoms with Crippen LogP contribution in [0.5, 0.6) is 0 Å². The number of carbonyl (C=O) groups is 2. The molecule has 0 saturated heterocycles. The third-order valence-corrected chi connectivity index (χ3v) is 4.25. The average molecular weight is 341 g/mol. The van der Waals surface area contributed by atoms with Gasteiger partial charge in [0.15, 0.2) is 0 Å². The molecule has 108 valence electrons. The summed E-state index contributed by atoms with van der Waals surface area (Å²) >= 11 is 3.29. The van der Waals surface area contributed by atoms with Gasteiger partial charge in [-0.25, -0.2) is 0 Å². The Balaban J connectivity index is 1.97. The SMILES string of the molecule is Nc1cc(Br)ccc1C(=O)NCC1CCCC1C(=O)O. The first-order chi connectivity index (χ1) is 9.49. The second-order valence-electron chi connectivity index (χ2n) is 5.08. The van der Waals surface area contributed by atoms with Gasteiger partial charge < -0.3 is 16.2 Å². The largest absolute Gasteiger partial charge is 0.481 e. The Morgan fingerprint density at radius 3 is 2.80 bits per heavy atom. The van der Waals surface area contributed by atoms with E-state index in [2.05, 4.69) is 21.2 Å². The lowest BCUT2D eigenvalue weighted by atomic mass is 9.96. The summed E-state index contributed by atoms with van der Waals surface area (Å²) in [4.78, 5) is 23.1. The molecule has 2 atom stereocenters. The van der Waals surface area contributed by atoms with Crippen LogP contribution in [0.1, 0.15) is 29.6 Å². The van der Waals surface area contributed by atoms with Gasteiger partial charge in [0.25, 0.3) is 5.91 Å². The van der Waals surface area contributed by atoms with Crippen LogP contribution in [0.25, 0.3) is 0 Å². The van der Waals surface area contributed by atoms with Crippen molar-refractivity contribution in [2.24, 2.45) is 11.8 Å². The highest BCUT2D eigenvalue weighted by molar-refractivity contribution is 9.10. The van der Waals surface area contributed by atoms with Crippen molar-refractivity contribution in [2.75, 3.05) is 12.3 Å². The number of hydrogen-bond donors (Lipinski definition) is 3. The van der Waals surface area contributed by atoms with Gasteiger partial charge in [-0.3, -0.25) is 9.59 Å². The van der Waals surface area contributed by atoms with Crippen molar-refractivity contribution in [3.63, 3.8) is 0 Å². The number of rotatable bonds is 4. The van der Waals surface area contributed by atoms with Crippen LogP contribution >= 0.6 is 15.9 Å². The number of anilines is 1. The number of amides is 1. The lowest BCUT2D eigenvalue weighted by molar-refractivity contribution is -0.142. The topological polar surface area (TPSA) is 92.4 Å². The van der Waals surface area contributed by atoms with E-state index < -0.39 is 5.97 Å². The average Bonchev–Trinajstić information content (AvgIpc) is 2.84. The molecular weight excluding hydrogens is 324 g/mol. The molecule has 1 aromatic carbocycles. The van der Waals surface area contributed by atoms with E-state index in [1.807, 2.05) is 0 Å². The molecule has 20 heavy (non-hydrogen) atoms. The first kappa shape index (κ1) is 14.8. The zero-order valence-corrected chi connectivity index (χ0v) is 12.5. The number of carboxylic acids is 1. The summed E-state index contributed by atoms with van der Waals surface area (Å²) in [7, 11) is 0. The van der Waals surface area contributed by atoms with Gasteiger partial charge in [-0.15, -0.1) is 0 Å². The van der Waals surface area contributed by atoms with Gasteiger partial charge in [-0.1, -0.05) is 22.4 Å². The van der Waals surface area contributed by atoms with Gasteiger partial charge in [-0.2, -0.15) is 0 Å². The van der Waals surface area contributed by atoms with Gasteiger partial charge in [0, 0.05) is 16.7 Å². The van der Waals surface area contributed by atoms with Crippen molar-refractivity contribution in [1.82, 2.24) is 5.32 Å². The molecule has 2 rings (SSSR count). The van der Waals surface area contributed by atoms with E-state index >= 15 is 0 Å². The molecule has 0 spiro atoms. The Bertz CT molecular complexity index is 533. The van der Waals surface area contributed by atoms with Crippen LogP contribution in [-0.2, 0) is 4.79 Å². The molecule has 6 heteroatoms. The molecule has 1 amide bonds. The molecule has 4 N–H and O–H groups in total. The highest BCUT2D eigenvalue weighted by atomic mass is 79.9. The molecule has 5 nitrogen and oxygen atoms in total. The zero-order chi connectivity index (χ0) is 14.7. The number of nitrogens with one attached hydrogen (secondary N) is 1. The van der Waals surface area contributed by atoms with E-state index in [9.17, 15) is 9.59 Å². The van der Waals surface area contributed by atoms with Crippen LogP contribution in [0.4, 0.5) is 5.69 Å². The molecule has 1 aliphatic rings. The highest BCUT2D eigenvalue weighted by Gasteiger charge is 2.32. The summed E-state index contributed by atoms with van der Waals surface area (Å²) in [5, 5.41) is 11.9. The molecular formula is C14H17BrN2O3. The fourth-order valence-corrected chi connectivity index (χ4v) is 3.04. The molecule has 1 aliphatic carbocycles. The Labute approximate surface area is 125 Å². The molecule has 1 saturated carbocycles. The second-order valence-corrected chi connectivity index (χ2v) is 5.99. The summed E-state index contributed by atoms with van der Waals surface area (Å²) < 4.78 is 0.813. The maximum Gasteiger partial charge on any atom is 0.306 e. The molecule has 0 bridgehead atoms. The van der Waals surface area contributed by atoms with Crippen LogP contribution < -0.4 is 11.1 Å². The molecule has 1 aromatic rings. The van der Waals surface area contributed by atoms with Gasteiger partial charge >= 0.3 is 5.97 Å². The summed E-state index contributed by atoms with van der Waals surface area (Å²) in [5.41, 5.74) is 6.61. The van der Waals surface area contributed by atoms with Crippen LogP contribution in [0.15, 0.2) is 22.7 Å². The van der Waals surface area contributed by atoms with E-state index in [-0.39, 0.29) is 17.7 Å². The Kier molecular flexibility index (Phi) is 4.65. The summed E-state index contributed by atoms with van der Waals surface area (Å²) in [6, 6.07) is 5.07. The minimum absolute atomic E-state index is 0.00752. The van der Waals surface area contributed by atoms with E-state index in [0.29, 0.717) is 24.2 Å². The lowest BCUT2D eigenvalue weighted by Gasteiger charge is -2.16. The molecule has 0 aliphatic heterocycles. The monoisotopic (exact) mass is 340 g/mol. The Morgan fingerprint density at radius 1 is 1.40 bits per heavy atom. The summed E-state index contributed by atoms with van der Waals surface area (Å²) in [6.07, 6.45) is 2.43. The van der Waals surface area contributed by atoms with Gasteiger partial charge in [-0.05, 0) is 37.0 Å². The van der Waals surface area contributed by atoms with E-state index in [1.54, 1.807) is 18.2 Å². The smallest absolute Gasteiger partial charge is 0.306 e. The zero-order valence-electron chi connectivity index (χ0n) is 10.9. The minimum Gasteiger partial charge on any atom is -0.481 e. The number of hydrogen-bond acceptors (Lipinski definition) is 3. The van der Waals surface area contributed by atoms with Crippen LogP contribution in [0.3, 0.4) is 0 Å². The van der Waals surface area contributed by atoms with E-state index in [0.717, 1.165) is 17.3 Å². The number of benzene rings is 1. The number of carbonyl (C=O) groups excluding carboxylic acids is 1. The van der Waals surface area contributed by atoms with Crippen LogP contribution in [0.2, 0.25) is 0 Å². The number of halogens is 1. The maximum absolute atomic E-state index is 12.1. The Morgan fingerprint density at radius 2 is 2.15 bits per heavy atom. The summed E-state index contributed by atoms with van der Waals surface area (Å²) in [6.45, 7) is 0.380. The third kappa shape index (κ3) is 3.30. The molecule has 1 fully saturated rings. The van der Waals surface area contributed by atoms with Crippen molar-refractivity contribution in [2.45, 2.75) is 19.3 Å². The number of nitrogen functional groups attached to an aromatic ring is 1. The van der Waals surface area contributed by atoms with Crippen molar-refractivity contribution < 1.29 is 14.7 Å². The highest BCUT2D eigenvalue weighted by Crippen LogP contribution is 2.31. The molecule has 0 radical (unpaired) electrons. The second kappa shape index (κ2) is 6.26. The van der Waals surface area contributed by atoms with Crippen LogP contribution in [0, 0.1) is 11.8 Å². The maximum atomic E-state index is 12.1. The molecule has 0 heterocycles. The minimum atomic E-state index is -0.773. The Hall–Kier alpha value is -1.56. The predicted molar refractivity (Wildman–Crippen MR) is 79.4 cm³/mol.